The molecular formula is C15H18N2O3S. The number of aromatic nitrogens is 1. The minimum Gasteiger partial charge on any atom is -0.496 e. The molecule has 0 radical (unpaired) electrons. The van der Waals surface area contributed by atoms with Crippen LogP contribution in [-0.4, -0.2) is 37.8 Å². The van der Waals surface area contributed by atoms with Gasteiger partial charge in [-0.05, 0) is 19.1 Å². The van der Waals surface area contributed by atoms with Gasteiger partial charge in [-0.1, -0.05) is 12.1 Å². The van der Waals surface area contributed by atoms with Crippen molar-refractivity contribution < 1.29 is 14.3 Å². The van der Waals surface area contributed by atoms with E-state index >= 15 is 0 Å². The zero-order valence-electron chi connectivity index (χ0n) is 12.3. The molecule has 0 bridgehead atoms. The molecule has 2 rings (SSSR count). The van der Waals surface area contributed by atoms with E-state index in [0.29, 0.717) is 12.2 Å². The van der Waals surface area contributed by atoms with Gasteiger partial charge in [-0.2, -0.15) is 0 Å². The molecule has 0 spiro atoms. The molecule has 21 heavy (non-hydrogen) atoms. The van der Waals surface area contributed by atoms with Crippen molar-refractivity contribution in [2.45, 2.75) is 13.0 Å². The van der Waals surface area contributed by atoms with Crippen molar-refractivity contribution >= 4 is 17.2 Å². The topological polar surface area (TPSA) is 60.5 Å². The summed E-state index contributed by atoms with van der Waals surface area (Å²) in [6.07, 6.45) is -0.0266. The molecule has 0 saturated carbocycles. The maximum absolute atomic E-state index is 12.0. The number of hydrogen-bond acceptors (Lipinski definition) is 5. The smallest absolute Gasteiger partial charge is 0.270 e. The fourth-order valence-corrected chi connectivity index (χ4v) is 2.56. The largest absolute Gasteiger partial charge is 0.496 e. The third kappa shape index (κ3) is 3.80. The van der Waals surface area contributed by atoms with Gasteiger partial charge in [0.1, 0.15) is 16.5 Å². The van der Waals surface area contributed by atoms with E-state index in [0.717, 1.165) is 16.3 Å². The highest BCUT2D eigenvalue weighted by Gasteiger charge is 2.14. The van der Waals surface area contributed by atoms with E-state index in [2.05, 4.69) is 10.3 Å². The van der Waals surface area contributed by atoms with Crippen LogP contribution in [0.15, 0.2) is 29.6 Å². The van der Waals surface area contributed by atoms with Crippen LogP contribution >= 0.6 is 11.3 Å². The molecule has 1 atom stereocenters. The van der Waals surface area contributed by atoms with Crippen molar-refractivity contribution in [1.29, 1.82) is 0 Å². The monoisotopic (exact) mass is 306 g/mol. The van der Waals surface area contributed by atoms with Gasteiger partial charge in [0, 0.05) is 19.0 Å². The van der Waals surface area contributed by atoms with Gasteiger partial charge in [0.15, 0.2) is 0 Å². The number of rotatable bonds is 6. The molecule has 1 aromatic heterocycles. The molecule has 1 N–H and O–H groups in total. The van der Waals surface area contributed by atoms with Crippen LogP contribution in [0, 0.1) is 0 Å². The number of nitrogens with zero attached hydrogens (tertiary/aromatic N) is 1. The van der Waals surface area contributed by atoms with Crippen molar-refractivity contribution in [1.82, 2.24) is 10.3 Å². The molecule has 112 valence electrons. The number of benzene rings is 1. The molecule has 0 unspecified atom stereocenters. The SMILES string of the molecule is COc1ccccc1-c1nc(C(=O)NC[C@@H](C)OC)cs1. The summed E-state index contributed by atoms with van der Waals surface area (Å²) in [6.45, 7) is 2.35. The molecule has 1 heterocycles. The van der Waals surface area contributed by atoms with Crippen LogP contribution in [0.1, 0.15) is 17.4 Å². The lowest BCUT2D eigenvalue weighted by atomic mass is 10.2. The van der Waals surface area contributed by atoms with Gasteiger partial charge < -0.3 is 14.8 Å². The van der Waals surface area contributed by atoms with Crippen LogP contribution in [0.2, 0.25) is 0 Å². The molecule has 5 nitrogen and oxygen atoms in total. The fraction of sp³-hybridized carbons (Fsp3) is 0.333. The Morgan fingerprint density at radius 3 is 2.86 bits per heavy atom. The van der Waals surface area contributed by atoms with E-state index in [-0.39, 0.29) is 12.0 Å². The highest BCUT2D eigenvalue weighted by atomic mass is 32.1. The lowest BCUT2D eigenvalue weighted by Crippen LogP contribution is -2.31. The average Bonchev–Trinajstić information content (AvgIpc) is 3.02. The first-order valence-corrected chi connectivity index (χ1v) is 7.43. The number of para-hydroxylation sites is 1. The molecule has 6 heteroatoms. The van der Waals surface area contributed by atoms with Gasteiger partial charge in [0.25, 0.3) is 5.91 Å². The maximum atomic E-state index is 12.0. The van der Waals surface area contributed by atoms with Gasteiger partial charge in [-0.15, -0.1) is 11.3 Å². The summed E-state index contributed by atoms with van der Waals surface area (Å²) in [5.74, 6) is 0.545. The lowest BCUT2D eigenvalue weighted by Gasteiger charge is -2.09. The molecule has 2 aromatic rings. The molecule has 0 aliphatic heterocycles. The molecule has 0 fully saturated rings. The Bertz CT molecular complexity index is 612. The van der Waals surface area contributed by atoms with Crippen molar-refractivity contribution in [2.24, 2.45) is 0 Å². The van der Waals surface area contributed by atoms with E-state index in [1.54, 1.807) is 19.6 Å². The number of methoxy groups -OCH3 is 2. The van der Waals surface area contributed by atoms with Gasteiger partial charge in [0.05, 0.1) is 18.8 Å². The summed E-state index contributed by atoms with van der Waals surface area (Å²) >= 11 is 1.42. The Balaban J connectivity index is 2.12. The summed E-state index contributed by atoms with van der Waals surface area (Å²) in [5.41, 5.74) is 1.29. The van der Waals surface area contributed by atoms with E-state index in [9.17, 15) is 4.79 Å². The van der Waals surface area contributed by atoms with E-state index < -0.39 is 0 Å². The predicted molar refractivity (Wildman–Crippen MR) is 82.9 cm³/mol. The standard InChI is InChI=1S/C15H18N2O3S/c1-10(19-2)8-16-14(18)12-9-21-15(17-12)11-6-4-5-7-13(11)20-3/h4-7,9-10H,8H2,1-3H3,(H,16,18)/t10-/m1/s1. The van der Waals surface area contributed by atoms with Crippen LogP contribution in [0.5, 0.6) is 5.75 Å². The third-order valence-electron chi connectivity index (χ3n) is 3.03. The Hall–Kier alpha value is -1.92. The van der Waals surface area contributed by atoms with E-state index in [1.807, 2.05) is 31.2 Å². The molecule has 0 aliphatic carbocycles. The van der Waals surface area contributed by atoms with Crippen LogP contribution in [0.4, 0.5) is 0 Å². The third-order valence-corrected chi connectivity index (χ3v) is 3.90. The molecule has 1 aromatic carbocycles. The number of carbonyl (C=O) groups is 1. The van der Waals surface area contributed by atoms with Gasteiger partial charge in [-0.3, -0.25) is 4.79 Å². The second kappa shape index (κ2) is 7.19. The summed E-state index contributed by atoms with van der Waals surface area (Å²) in [6, 6.07) is 7.61. The van der Waals surface area contributed by atoms with E-state index in [4.69, 9.17) is 9.47 Å². The van der Waals surface area contributed by atoms with E-state index in [1.165, 1.54) is 11.3 Å². The second-order valence-corrected chi connectivity index (χ2v) is 5.35. The Kier molecular flexibility index (Phi) is 5.30. The molecule has 0 aliphatic rings. The first-order chi connectivity index (χ1) is 10.2. The minimum absolute atomic E-state index is 0.0266. The Labute approximate surface area is 127 Å². The molecule has 0 saturated heterocycles. The van der Waals surface area contributed by atoms with Crippen molar-refractivity contribution in [3.8, 4) is 16.3 Å². The van der Waals surface area contributed by atoms with Crippen molar-refractivity contribution in [3.05, 3.63) is 35.3 Å². The summed E-state index contributed by atoms with van der Waals surface area (Å²) in [7, 11) is 3.23. The van der Waals surface area contributed by atoms with Crippen molar-refractivity contribution in [3.63, 3.8) is 0 Å². The first kappa shape index (κ1) is 15.5. The fourth-order valence-electron chi connectivity index (χ4n) is 1.73. The summed E-state index contributed by atoms with van der Waals surface area (Å²) in [5, 5.41) is 5.30. The Morgan fingerprint density at radius 1 is 1.38 bits per heavy atom. The van der Waals surface area contributed by atoms with Crippen LogP contribution < -0.4 is 10.1 Å². The number of ether oxygens (including phenoxy) is 2. The highest BCUT2D eigenvalue weighted by molar-refractivity contribution is 7.13. The summed E-state index contributed by atoms with van der Waals surface area (Å²) < 4.78 is 10.4. The lowest BCUT2D eigenvalue weighted by molar-refractivity contribution is 0.0867. The highest BCUT2D eigenvalue weighted by Crippen LogP contribution is 2.31. The van der Waals surface area contributed by atoms with Crippen molar-refractivity contribution in [2.75, 3.05) is 20.8 Å². The summed E-state index contributed by atoms with van der Waals surface area (Å²) in [4.78, 5) is 16.4. The minimum atomic E-state index is -0.198. The number of carbonyl (C=O) groups excluding carboxylic acids is 1. The second-order valence-electron chi connectivity index (χ2n) is 4.49. The van der Waals surface area contributed by atoms with Gasteiger partial charge in [-0.25, -0.2) is 4.98 Å². The molecular weight excluding hydrogens is 288 g/mol. The number of thiazole rings is 1. The average molecular weight is 306 g/mol. The van der Waals surface area contributed by atoms with Crippen LogP contribution in [-0.2, 0) is 4.74 Å². The normalized spacial score (nSPS) is 12.0. The quantitative estimate of drug-likeness (QED) is 0.891. The number of amides is 1. The van der Waals surface area contributed by atoms with Gasteiger partial charge >= 0.3 is 0 Å². The number of hydrogen-bond donors (Lipinski definition) is 1. The van der Waals surface area contributed by atoms with Crippen LogP contribution in [0.25, 0.3) is 10.6 Å². The Morgan fingerprint density at radius 2 is 2.14 bits per heavy atom. The predicted octanol–water partition coefficient (Wildman–Crippen LogP) is 2.58. The van der Waals surface area contributed by atoms with Gasteiger partial charge in [0.2, 0.25) is 0 Å². The zero-order chi connectivity index (χ0) is 15.2. The number of nitrogens with one attached hydrogen (secondary N) is 1. The first-order valence-electron chi connectivity index (χ1n) is 6.55. The molecule has 1 amide bonds. The van der Waals surface area contributed by atoms with Crippen LogP contribution in [0.3, 0.4) is 0 Å². The zero-order valence-corrected chi connectivity index (χ0v) is 13.1. The maximum Gasteiger partial charge on any atom is 0.270 e.